The zero-order valence-electron chi connectivity index (χ0n) is 16.6. The fraction of sp³-hybridized carbons (Fsp3) is 0.429. The Kier molecular flexibility index (Phi) is 6.50. The third kappa shape index (κ3) is 5.10. The van der Waals surface area contributed by atoms with E-state index in [2.05, 4.69) is 83.1 Å². The molecule has 0 aliphatic carbocycles. The third-order valence-electron chi connectivity index (χ3n) is 4.49. The third-order valence-corrected chi connectivity index (χ3v) is 5.34. The van der Waals surface area contributed by atoms with Crippen LogP contribution in [-0.4, -0.2) is 29.0 Å². The van der Waals surface area contributed by atoms with Crippen molar-refractivity contribution in [3.05, 3.63) is 51.6 Å². The summed E-state index contributed by atoms with van der Waals surface area (Å²) in [5.74, 6) is 1.31. The number of nitrogens with one attached hydrogen (secondary N) is 3. The van der Waals surface area contributed by atoms with E-state index in [1.165, 1.54) is 22.0 Å². The van der Waals surface area contributed by atoms with Crippen molar-refractivity contribution in [2.75, 3.05) is 13.1 Å². The Morgan fingerprint density at radius 1 is 1.30 bits per heavy atom. The van der Waals surface area contributed by atoms with Crippen molar-refractivity contribution >= 4 is 28.2 Å². The Morgan fingerprint density at radius 3 is 2.89 bits per heavy atom. The van der Waals surface area contributed by atoms with Crippen LogP contribution >= 0.6 is 11.3 Å². The lowest BCUT2D eigenvalue weighted by Gasteiger charge is -2.10. The molecule has 0 fully saturated rings. The molecule has 27 heavy (non-hydrogen) atoms. The molecule has 0 saturated heterocycles. The first kappa shape index (κ1) is 19.4. The summed E-state index contributed by atoms with van der Waals surface area (Å²) in [6, 6.07) is 6.56. The molecule has 0 bridgehead atoms. The van der Waals surface area contributed by atoms with E-state index < -0.39 is 0 Å². The molecule has 144 valence electrons. The molecule has 0 spiro atoms. The maximum Gasteiger partial charge on any atom is 0.191 e. The highest BCUT2D eigenvalue weighted by Crippen LogP contribution is 2.20. The molecule has 0 aliphatic heterocycles. The molecule has 0 atom stereocenters. The van der Waals surface area contributed by atoms with Crippen LogP contribution in [0.3, 0.4) is 0 Å². The Hall–Kier alpha value is -2.34. The van der Waals surface area contributed by atoms with Crippen molar-refractivity contribution in [3.63, 3.8) is 0 Å². The fourth-order valence-electron chi connectivity index (χ4n) is 2.97. The number of nitrogens with zero attached hydrogens (tertiary/aromatic N) is 2. The van der Waals surface area contributed by atoms with Gasteiger partial charge in [-0.1, -0.05) is 26.0 Å². The van der Waals surface area contributed by atoms with Gasteiger partial charge >= 0.3 is 0 Å². The van der Waals surface area contributed by atoms with Gasteiger partial charge in [0, 0.05) is 35.6 Å². The quantitative estimate of drug-likeness (QED) is 0.420. The number of aromatic nitrogens is 2. The minimum absolute atomic E-state index is 0.463. The minimum atomic E-state index is 0.463. The van der Waals surface area contributed by atoms with Gasteiger partial charge in [0.25, 0.3) is 0 Å². The monoisotopic (exact) mass is 383 g/mol. The Labute approximate surface area is 165 Å². The summed E-state index contributed by atoms with van der Waals surface area (Å²) in [6.07, 6.45) is 3.06. The Balaban J connectivity index is 1.58. The summed E-state index contributed by atoms with van der Waals surface area (Å²) in [4.78, 5) is 12.7. The highest BCUT2D eigenvalue weighted by atomic mass is 32.1. The number of aryl methyl sites for hydroxylation is 1. The molecule has 6 heteroatoms. The standard InChI is InChI=1S/C21H29N5S/c1-5-22-21(25-12-20-26-19(13-27-20)14(2)3)23-9-8-16-11-24-18-10-15(4)6-7-17(16)18/h6-7,10-11,13-14,24H,5,8-9,12H2,1-4H3,(H2,22,23,25). The molecule has 0 unspecified atom stereocenters. The maximum atomic E-state index is 4.68. The summed E-state index contributed by atoms with van der Waals surface area (Å²) in [5.41, 5.74) is 4.96. The summed E-state index contributed by atoms with van der Waals surface area (Å²) >= 11 is 1.68. The van der Waals surface area contributed by atoms with E-state index in [-0.39, 0.29) is 0 Å². The molecule has 0 radical (unpaired) electrons. The minimum Gasteiger partial charge on any atom is -0.361 e. The maximum absolute atomic E-state index is 4.68. The summed E-state index contributed by atoms with van der Waals surface area (Å²) in [6.45, 7) is 10.8. The van der Waals surface area contributed by atoms with Gasteiger partial charge in [0.1, 0.15) is 5.01 Å². The number of fused-ring (bicyclic) bond motifs is 1. The van der Waals surface area contributed by atoms with Crippen molar-refractivity contribution in [2.45, 2.75) is 46.6 Å². The van der Waals surface area contributed by atoms with Crippen LogP contribution in [0.5, 0.6) is 0 Å². The number of benzene rings is 1. The van der Waals surface area contributed by atoms with Gasteiger partial charge in [-0.25, -0.2) is 9.98 Å². The molecular weight excluding hydrogens is 354 g/mol. The van der Waals surface area contributed by atoms with Gasteiger partial charge in [-0.2, -0.15) is 0 Å². The predicted molar refractivity (Wildman–Crippen MR) is 116 cm³/mol. The lowest BCUT2D eigenvalue weighted by molar-refractivity contribution is 0.795. The number of guanidine groups is 1. The second-order valence-electron chi connectivity index (χ2n) is 7.06. The van der Waals surface area contributed by atoms with Crippen molar-refractivity contribution in [2.24, 2.45) is 4.99 Å². The summed E-state index contributed by atoms with van der Waals surface area (Å²) < 4.78 is 0. The van der Waals surface area contributed by atoms with Gasteiger partial charge < -0.3 is 15.6 Å². The second kappa shape index (κ2) is 9.04. The summed E-state index contributed by atoms with van der Waals surface area (Å²) in [7, 11) is 0. The predicted octanol–water partition coefficient (Wildman–Crippen LogP) is 4.35. The van der Waals surface area contributed by atoms with Gasteiger partial charge in [0.2, 0.25) is 0 Å². The lowest BCUT2D eigenvalue weighted by Crippen LogP contribution is -2.38. The number of thiazole rings is 1. The molecule has 0 amide bonds. The van der Waals surface area contributed by atoms with Gasteiger partial charge in [0.15, 0.2) is 5.96 Å². The first-order valence-corrected chi connectivity index (χ1v) is 10.5. The topological polar surface area (TPSA) is 65.1 Å². The van der Waals surface area contributed by atoms with Gasteiger partial charge in [-0.3, -0.25) is 0 Å². The zero-order valence-corrected chi connectivity index (χ0v) is 17.4. The number of hydrogen-bond donors (Lipinski definition) is 3. The SMILES string of the molecule is CCNC(=NCc1nc(C(C)C)cs1)NCCc1c[nH]c2cc(C)ccc12. The molecule has 0 saturated carbocycles. The van der Waals surface area contributed by atoms with Crippen LogP contribution in [0.25, 0.3) is 10.9 Å². The van der Waals surface area contributed by atoms with Gasteiger partial charge in [-0.15, -0.1) is 11.3 Å². The van der Waals surface area contributed by atoms with E-state index in [0.29, 0.717) is 12.5 Å². The molecule has 2 aromatic heterocycles. The first-order valence-electron chi connectivity index (χ1n) is 9.60. The number of H-pyrrole nitrogens is 1. The molecule has 3 N–H and O–H groups in total. The smallest absolute Gasteiger partial charge is 0.191 e. The van der Waals surface area contributed by atoms with E-state index in [4.69, 9.17) is 0 Å². The molecule has 1 aromatic carbocycles. The van der Waals surface area contributed by atoms with Crippen molar-refractivity contribution in [1.29, 1.82) is 0 Å². The molecule has 3 rings (SSSR count). The normalized spacial score (nSPS) is 12.1. The number of aromatic amines is 1. The van der Waals surface area contributed by atoms with Gasteiger partial charge in [-0.05, 0) is 43.4 Å². The van der Waals surface area contributed by atoms with Crippen molar-refractivity contribution in [1.82, 2.24) is 20.6 Å². The fourth-order valence-corrected chi connectivity index (χ4v) is 3.85. The zero-order chi connectivity index (χ0) is 19.2. The van der Waals surface area contributed by atoms with Crippen LogP contribution in [0.1, 0.15) is 48.5 Å². The highest BCUT2D eigenvalue weighted by molar-refractivity contribution is 7.09. The van der Waals surface area contributed by atoms with E-state index in [9.17, 15) is 0 Å². The first-order chi connectivity index (χ1) is 13.1. The van der Waals surface area contributed by atoms with Crippen LogP contribution in [0.2, 0.25) is 0 Å². The van der Waals surface area contributed by atoms with Crippen molar-refractivity contribution < 1.29 is 0 Å². The van der Waals surface area contributed by atoms with Gasteiger partial charge in [0.05, 0.1) is 12.2 Å². The number of aliphatic imine (C=N–C) groups is 1. The lowest BCUT2D eigenvalue weighted by atomic mass is 10.1. The van der Waals surface area contributed by atoms with Crippen LogP contribution in [0.4, 0.5) is 0 Å². The number of rotatable bonds is 7. The molecule has 0 aliphatic rings. The van der Waals surface area contributed by atoms with Crippen molar-refractivity contribution in [3.8, 4) is 0 Å². The molecule has 3 aromatic rings. The van der Waals surface area contributed by atoms with E-state index in [0.717, 1.165) is 36.2 Å². The van der Waals surface area contributed by atoms with E-state index in [1.807, 2.05) is 0 Å². The highest BCUT2D eigenvalue weighted by Gasteiger charge is 2.07. The van der Waals surface area contributed by atoms with Crippen LogP contribution in [-0.2, 0) is 13.0 Å². The summed E-state index contributed by atoms with van der Waals surface area (Å²) in [5, 5.41) is 11.2. The Morgan fingerprint density at radius 2 is 2.15 bits per heavy atom. The van der Waals surface area contributed by atoms with Crippen LogP contribution in [0, 0.1) is 6.92 Å². The molecule has 2 heterocycles. The number of hydrogen-bond acceptors (Lipinski definition) is 3. The Bertz CT molecular complexity index is 906. The van der Waals surface area contributed by atoms with E-state index in [1.54, 1.807) is 11.3 Å². The van der Waals surface area contributed by atoms with Crippen LogP contribution in [0.15, 0.2) is 34.8 Å². The average molecular weight is 384 g/mol. The molecular formula is C21H29N5S. The van der Waals surface area contributed by atoms with E-state index >= 15 is 0 Å². The average Bonchev–Trinajstić information content (AvgIpc) is 3.26. The van der Waals surface area contributed by atoms with Crippen LogP contribution < -0.4 is 10.6 Å². The largest absolute Gasteiger partial charge is 0.361 e. The molecule has 5 nitrogen and oxygen atoms in total. The second-order valence-corrected chi connectivity index (χ2v) is 8.00.